The van der Waals surface area contributed by atoms with E-state index >= 15 is 0 Å². The van der Waals surface area contributed by atoms with Gasteiger partial charge in [0.1, 0.15) is 0 Å². The standard InChI is InChI=1S/C29H35ClN6O/c1-20-15-34(19-33-20)16-21-4-3-12-36(17-21)29(37)26-18-35(13-11-31-26)28-25-9-8-24(30)14-23(25)7-6-22-5-2-10-32-27(22)28/h2,5,8-10,14-15,19,21,26,28,31H,3-4,6-7,11-13,16-18H2,1H3/t21-,26+,28-/m0/s1. The average molecular weight is 519 g/mol. The lowest BCUT2D eigenvalue weighted by Crippen LogP contribution is -2.59. The van der Waals surface area contributed by atoms with Gasteiger partial charge in [-0.25, -0.2) is 4.98 Å². The Balaban J connectivity index is 1.21. The SMILES string of the molecule is Cc1cn(C[C@@H]2CCCN(C(=O)[C@H]3CN([C@H]4c5ccc(Cl)cc5CCc5cccnc54)CCN3)C2)cn1. The number of nitrogens with one attached hydrogen (secondary N) is 1. The molecular weight excluding hydrogens is 484 g/mol. The molecule has 3 atom stereocenters. The zero-order chi connectivity index (χ0) is 25.4. The maximum Gasteiger partial charge on any atom is 0.241 e. The van der Waals surface area contributed by atoms with Crippen LogP contribution in [0.2, 0.25) is 5.02 Å². The van der Waals surface area contributed by atoms with Crippen molar-refractivity contribution in [1.82, 2.24) is 29.7 Å². The van der Waals surface area contributed by atoms with Gasteiger partial charge in [0.25, 0.3) is 0 Å². The monoisotopic (exact) mass is 518 g/mol. The normalized spacial score (nSPS) is 24.3. The number of piperazine rings is 1. The van der Waals surface area contributed by atoms with E-state index in [0.717, 1.165) is 74.8 Å². The Labute approximate surface area is 223 Å². The van der Waals surface area contributed by atoms with Gasteiger partial charge in [-0.1, -0.05) is 23.7 Å². The van der Waals surface area contributed by atoms with Crippen molar-refractivity contribution in [3.63, 3.8) is 0 Å². The molecule has 0 unspecified atom stereocenters. The second-order valence-electron chi connectivity index (χ2n) is 10.8. The molecule has 0 radical (unpaired) electrons. The molecule has 3 aromatic rings. The fourth-order valence-corrected chi connectivity index (χ4v) is 6.62. The molecular formula is C29H35ClN6O. The topological polar surface area (TPSA) is 66.3 Å². The summed E-state index contributed by atoms with van der Waals surface area (Å²) in [6, 6.07) is 10.3. The highest BCUT2D eigenvalue weighted by Gasteiger charge is 2.37. The Bertz CT molecular complexity index is 1270. The van der Waals surface area contributed by atoms with Gasteiger partial charge in [-0.2, -0.15) is 0 Å². The number of nitrogens with zero attached hydrogens (tertiary/aromatic N) is 5. The number of hydrogen-bond donors (Lipinski definition) is 1. The van der Waals surface area contributed by atoms with E-state index in [9.17, 15) is 4.79 Å². The summed E-state index contributed by atoms with van der Waals surface area (Å²) in [6.45, 7) is 6.90. The second kappa shape index (κ2) is 10.6. The molecule has 2 saturated heterocycles. The molecule has 0 spiro atoms. The van der Waals surface area contributed by atoms with Gasteiger partial charge in [0.05, 0.1) is 29.8 Å². The maximum absolute atomic E-state index is 13.8. The van der Waals surface area contributed by atoms with Crippen LogP contribution in [-0.4, -0.2) is 69.0 Å². The number of imidazole rings is 1. The number of fused-ring (bicyclic) bond motifs is 2. The molecule has 0 bridgehead atoms. The number of hydrogen-bond acceptors (Lipinski definition) is 5. The summed E-state index contributed by atoms with van der Waals surface area (Å²) < 4.78 is 2.16. The van der Waals surface area contributed by atoms with E-state index in [1.165, 1.54) is 16.7 Å². The van der Waals surface area contributed by atoms with Crippen molar-refractivity contribution in [3.8, 4) is 0 Å². The predicted molar refractivity (Wildman–Crippen MR) is 145 cm³/mol. The van der Waals surface area contributed by atoms with Crippen LogP contribution in [0.15, 0.2) is 49.1 Å². The van der Waals surface area contributed by atoms with Crippen molar-refractivity contribution in [3.05, 3.63) is 82.2 Å². The van der Waals surface area contributed by atoms with Crippen molar-refractivity contribution in [2.24, 2.45) is 5.92 Å². The summed E-state index contributed by atoms with van der Waals surface area (Å²) in [5.41, 5.74) is 5.99. The zero-order valence-corrected chi connectivity index (χ0v) is 22.2. The minimum atomic E-state index is -0.214. The van der Waals surface area contributed by atoms with Gasteiger partial charge in [-0.3, -0.25) is 14.7 Å². The van der Waals surface area contributed by atoms with Crippen molar-refractivity contribution < 1.29 is 4.79 Å². The first-order chi connectivity index (χ1) is 18.0. The third-order valence-electron chi connectivity index (χ3n) is 8.18. The lowest BCUT2D eigenvalue weighted by atomic mass is 9.94. The van der Waals surface area contributed by atoms with E-state index in [4.69, 9.17) is 16.6 Å². The number of halogens is 1. The van der Waals surface area contributed by atoms with Gasteiger partial charge < -0.3 is 14.8 Å². The van der Waals surface area contributed by atoms with Crippen LogP contribution >= 0.6 is 11.6 Å². The van der Waals surface area contributed by atoms with E-state index in [1.54, 1.807) is 0 Å². The number of carbonyl (C=O) groups excluding carboxylic acids is 1. The highest BCUT2D eigenvalue weighted by Crippen LogP contribution is 2.37. The fraction of sp³-hybridized carbons (Fsp3) is 0.483. The zero-order valence-electron chi connectivity index (χ0n) is 21.4. The smallest absolute Gasteiger partial charge is 0.241 e. The molecule has 37 heavy (non-hydrogen) atoms. The highest BCUT2D eigenvalue weighted by atomic mass is 35.5. The van der Waals surface area contributed by atoms with Gasteiger partial charge in [0, 0.05) is 56.7 Å². The van der Waals surface area contributed by atoms with Crippen molar-refractivity contribution in [1.29, 1.82) is 0 Å². The Morgan fingerprint density at radius 2 is 2.03 bits per heavy atom. The van der Waals surface area contributed by atoms with E-state index < -0.39 is 0 Å². The molecule has 2 aliphatic heterocycles. The first-order valence-corrected chi connectivity index (χ1v) is 13.9. The summed E-state index contributed by atoms with van der Waals surface area (Å²) in [7, 11) is 0. The number of aromatic nitrogens is 3. The van der Waals surface area contributed by atoms with Crippen molar-refractivity contribution >= 4 is 17.5 Å². The third kappa shape index (κ3) is 5.17. The maximum atomic E-state index is 13.8. The molecule has 1 amide bonds. The number of carbonyl (C=O) groups is 1. The van der Waals surface area contributed by atoms with Gasteiger partial charge in [0.15, 0.2) is 0 Å². The summed E-state index contributed by atoms with van der Waals surface area (Å²) in [5.74, 6) is 0.683. The van der Waals surface area contributed by atoms with Crippen molar-refractivity contribution in [2.45, 2.75) is 51.2 Å². The molecule has 1 aromatic carbocycles. The molecule has 4 heterocycles. The van der Waals surface area contributed by atoms with Gasteiger partial charge in [-0.05, 0) is 73.4 Å². The molecule has 8 heteroatoms. The molecule has 6 rings (SSSR count). The molecule has 194 valence electrons. The van der Waals surface area contributed by atoms with Gasteiger partial charge >= 0.3 is 0 Å². The van der Waals surface area contributed by atoms with Crippen LogP contribution in [0.5, 0.6) is 0 Å². The van der Waals surface area contributed by atoms with Crippen LogP contribution in [0, 0.1) is 12.8 Å². The quantitative estimate of drug-likeness (QED) is 0.571. The second-order valence-corrected chi connectivity index (χ2v) is 11.2. The number of benzene rings is 1. The Hall–Kier alpha value is -2.74. The number of rotatable bonds is 4. The minimum absolute atomic E-state index is 0.0296. The summed E-state index contributed by atoms with van der Waals surface area (Å²) in [6.07, 6.45) is 9.99. The number of likely N-dealkylation sites (tertiary alicyclic amines) is 1. The molecule has 1 aliphatic carbocycles. The lowest BCUT2D eigenvalue weighted by molar-refractivity contribution is -0.136. The van der Waals surface area contributed by atoms with E-state index in [0.29, 0.717) is 12.5 Å². The summed E-state index contributed by atoms with van der Waals surface area (Å²) in [5, 5.41) is 4.31. The Morgan fingerprint density at radius 3 is 2.89 bits per heavy atom. The number of pyridine rings is 1. The molecule has 2 fully saturated rings. The Morgan fingerprint density at radius 1 is 1.14 bits per heavy atom. The Kier molecular flexibility index (Phi) is 7.02. The van der Waals surface area contributed by atoms with Crippen LogP contribution in [0.25, 0.3) is 0 Å². The first kappa shape index (κ1) is 24.6. The number of aryl methyl sites for hydroxylation is 3. The summed E-state index contributed by atoms with van der Waals surface area (Å²) >= 11 is 6.40. The number of amides is 1. The first-order valence-electron chi connectivity index (χ1n) is 13.5. The molecule has 0 saturated carbocycles. The molecule has 3 aliphatic rings. The van der Waals surface area contributed by atoms with E-state index in [-0.39, 0.29) is 18.0 Å². The van der Waals surface area contributed by atoms with E-state index in [1.807, 2.05) is 31.6 Å². The molecule has 1 N–H and O–H groups in total. The third-order valence-corrected chi connectivity index (χ3v) is 8.42. The minimum Gasteiger partial charge on any atom is -0.341 e. The fourth-order valence-electron chi connectivity index (χ4n) is 6.43. The van der Waals surface area contributed by atoms with Crippen LogP contribution in [-0.2, 0) is 24.2 Å². The van der Waals surface area contributed by atoms with Crippen LogP contribution < -0.4 is 5.32 Å². The van der Waals surface area contributed by atoms with Crippen LogP contribution in [0.4, 0.5) is 0 Å². The average Bonchev–Trinajstić information content (AvgIpc) is 3.25. The largest absolute Gasteiger partial charge is 0.341 e. The van der Waals surface area contributed by atoms with Crippen LogP contribution in [0.1, 0.15) is 47.0 Å². The predicted octanol–water partition coefficient (Wildman–Crippen LogP) is 3.64. The lowest BCUT2D eigenvalue weighted by Gasteiger charge is -2.41. The molecule has 2 aromatic heterocycles. The highest BCUT2D eigenvalue weighted by molar-refractivity contribution is 6.30. The number of piperidine rings is 1. The van der Waals surface area contributed by atoms with Gasteiger partial charge in [-0.15, -0.1) is 0 Å². The molecule has 7 nitrogen and oxygen atoms in total. The van der Waals surface area contributed by atoms with Crippen molar-refractivity contribution in [2.75, 3.05) is 32.7 Å². The summed E-state index contributed by atoms with van der Waals surface area (Å²) in [4.78, 5) is 27.5. The van der Waals surface area contributed by atoms with Crippen LogP contribution in [0.3, 0.4) is 0 Å². The van der Waals surface area contributed by atoms with E-state index in [2.05, 4.69) is 49.1 Å². The van der Waals surface area contributed by atoms with Gasteiger partial charge in [0.2, 0.25) is 5.91 Å².